The zero-order valence-corrected chi connectivity index (χ0v) is 12.5. The summed E-state index contributed by atoms with van der Waals surface area (Å²) in [6.07, 6.45) is 9.49. The third kappa shape index (κ3) is 6.30. The van der Waals surface area contributed by atoms with Gasteiger partial charge in [-0.2, -0.15) is 0 Å². The number of hydrogen-bond acceptors (Lipinski definition) is 1. The van der Waals surface area contributed by atoms with Crippen molar-refractivity contribution in [3.63, 3.8) is 0 Å². The van der Waals surface area contributed by atoms with Crippen molar-refractivity contribution >= 4 is 17.3 Å². The SMILES string of the molecule is CCCCCCCCCNc1ccc(Cl)cc1C. The predicted molar refractivity (Wildman–Crippen MR) is 82.7 cm³/mol. The molecule has 0 saturated heterocycles. The van der Waals surface area contributed by atoms with Crippen LogP contribution in [0.2, 0.25) is 5.02 Å². The third-order valence-electron chi connectivity index (χ3n) is 3.28. The Kier molecular flexibility index (Phi) is 7.91. The van der Waals surface area contributed by atoms with Crippen LogP contribution in [0.3, 0.4) is 0 Å². The van der Waals surface area contributed by atoms with E-state index in [1.807, 2.05) is 12.1 Å². The molecule has 0 spiro atoms. The van der Waals surface area contributed by atoms with Crippen molar-refractivity contribution in [2.24, 2.45) is 0 Å². The minimum atomic E-state index is 0.814. The number of hydrogen-bond donors (Lipinski definition) is 1. The van der Waals surface area contributed by atoms with E-state index in [2.05, 4.69) is 25.2 Å². The zero-order chi connectivity index (χ0) is 13.2. The maximum absolute atomic E-state index is 5.93. The number of nitrogens with one attached hydrogen (secondary N) is 1. The Morgan fingerprint density at radius 3 is 2.33 bits per heavy atom. The molecule has 1 aromatic carbocycles. The van der Waals surface area contributed by atoms with Gasteiger partial charge in [0.2, 0.25) is 0 Å². The molecule has 0 aliphatic heterocycles. The lowest BCUT2D eigenvalue weighted by Gasteiger charge is -2.09. The molecule has 0 aliphatic carbocycles. The van der Waals surface area contributed by atoms with Gasteiger partial charge in [0.25, 0.3) is 0 Å². The molecule has 1 rings (SSSR count). The quantitative estimate of drug-likeness (QED) is 0.557. The van der Waals surface area contributed by atoms with Crippen LogP contribution >= 0.6 is 11.6 Å². The van der Waals surface area contributed by atoms with E-state index in [1.54, 1.807) is 0 Å². The second-order valence-corrected chi connectivity index (χ2v) is 5.44. The first-order valence-corrected chi connectivity index (χ1v) is 7.62. The number of unbranched alkanes of at least 4 members (excludes halogenated alkanes) is 6. The van der Waals surface area contributed by atoms with E-state index in [9.17, 15) is 0 Å². The van der Waals surface area contributed by atoms with E-state index in [0.717, 1.165) is 11.6 Å². The summed E-state index contributed by atoms with van der Waals surface area (Å²) >= 11 is 5.93. The van der Waals surface area contributed by atoms with Crippen LogP contribution in [0.15, 0.2) is 18.2 Å². The Balaban J connectivity index is 2.07. The van der Waals surface area contributed by atoms with Crippen molar-refractivity contribution in [2.75, 3.05) is 11.9 Å². The van der Waals surface area contributed by atoms with E-state index in [-0.39, 0.29) is 0 Å². The normalized spacial score (nSPS) is 10.6. The molecule has 102 valence electrons. The van der Waals surface area contributed by atoms with Crippen LogP contribution in [0.1, 0.15) is 57.4 Å². The molecule has 0 amide bonds. The van der Waals surface area contributed by atoms with E-state index in [0.29, 0.717) is 0 Å². The van der Waals surface area contributed by atoms with Gasteiger partial charge in [-0.05, 0) is 37.1 Å². The monoisotopic (exact) mass is 267 g/mol. The van der Waals surface area contributed by atoms with Crippen LogP contribution in [0.4, 0.5) is 5.69 Å². The lowest BCUT2D eigenvalue weighted by molar-refractivity contribution is 0.596. The molecule has 1 N–H and O–H groups in total. The fourth-order valence-electron chi connectivity index (χ4n) is 2.13. The van der Waals surface area contributed by atoms with Crippen molar-refractivity contribution in [3.05, 3.63) is 28.8 Å². The number of anilines is 1. The van der Waals surface area contributed by atoms with Crippen LogP contribution in [0.5, 0.6) is 0 Å². The Labute approximate surface area is 117 Å². The minimum Gasteiger partial charge on any atom is -0.385 e. The highest BCUT2D eigenvalue weighted by molar-refractivity contribution is 6.30. The molecule has 1 nitrogen and oxygen atoms in total. The maximum Gasteiger partial charge on any atom is 0.0410 e. The number of rotatable bonds is 9. The number of benzene rings is 1. The highest BCUT2D eigenvalue weighted by Gasteiger charge is 1.98. The van der Waals surface area contributed by atoms with Gasteiger partial charge in [-0.25, -0.2) is 0 Å². The fraction of sp³-hybridized carbons (Fsp3) is 0.625. The van der Waals surface area contributed by atoms with Gasteiger partial charge in [0.05, 0.1) is 0 Å². The van der Waals surface area contributed by atoms with Gasteiger partial charge >= 0.3 is 0 Å². The highest BCUT2D eigenvalue weighted by Crippen LogP contribution is 2.19. The molecule has 0 saturated carbocycles. The summed E-state index contributed by atoms with van der Waals surface area (Å²) in [5, 5.41) is 4.30. The first-order chi connectivity index (χ1) is 8.74. The van der Waals surface area contributed by atoms with Crippen LogP contribution in [-0.4, -0.2) is 6.54 Å². The Morgan fingerprint density at radius 1 is 1.00 bits per heavy atom. The highest BCUT2D eigenvalue weighted by atomic mass is 35.5. The average Bonchev–Trinajstić information content (AvgIpc) is 2.35. The zero-order valence-electron chi connectivity index (χ0n) is 11.8. The molecule has 0 aromatic heterocycles. The molecule has 18 heavy (non-hydrogen) atoms. The fourth-order valence-corrected chi connectivity index (χ4v) is 2.36. The van der Waals surface area contributed by atoms with Gasteiger partial charge in [-0.3, -0.25) is 0 Å². The Morgan fingerprint density at radius 2 is 1.67 bits per heavy atom. The molecule has 0 heterocycles. The summed E-state index contributed by atoms with van der Waals surface area (Å²) in [4.78, 5) is 0. The second kappa shape index (κ2) is 9.27. The molecule has 0 bridgehead atoms. The molecule has 2 heteroatoms. The van der Waals surface area contributed by atoms with Crippen molar-refractivity contribution in [1.29, 1.82) is 0 Å². The molecule has 0 radical (unpaired) electrons. The van der Waals surface area contributed by atoms with Gasteiger partial charge in [0.1, 0.15) is 0 Å². The topological polar surface area (TPSA) is 12.0 Å². The smallest absolute Gasteiger partial charge is 0.0410 e. The van der Waals surface area contributed by atoms with Crippen molar-refractivity contribution in [1.82, 2.24) is 0 Å². The van der Waals surface area contributed by atoms with Crippen LogP contribution in [-0.2, 0) is 0 Å². The summed E-state index contributed by atoms with van der Waals surface area (Å²) in [6.45, 7) is 5.42. The average molecular weight is 268 g/mol. The van der Waals surface area contributed by atoms with Gasteiger partial charge in [-0.1, -0.05) is 57.0 Å². The summed E-state index contributed by atoms with van der Waals surface area (Å²) in [7, 11) is 0. The van der Waals surface area contributed by atoms with E-state index in [4.69, 9.17) is 11.6 Å². The van der Waals surface area contributed by atoms with Gasteiger partial charge in [0.15, 0.2) is 0 Å². The van der Waals surface area contributed by atoms with E-state index >= 15 is 0 Å². The van der Waals surface area contributed by atoms with Gasteiger partial charge in [0, 0.05) is 17.3 Å². The first kappa shape index (κ1) is 15.4. The Bertz CT molecular complexity index is 336. The lowest BCUT2D eigenvalue weighted by atomic mass is 10.1. The molecular formula is C16H26ClN. The number of halogens is 1. The maximum atomic E-state index is 5.93. The van der Waals surface area contributed by atoms with Crippen molar-refractivity contribution in [2.45, 2.75) is 58.8 Å². The van der Waals surface area contributed by atoms with Crippen molar-refractivity contribution < 1.29 is 0 Å². The summed E-state index contributed by atoms with van der Waals surface area (Å²) < 4.78 is 0. The molecular weight excluding hydrogens is 242 g/mol. The van der Waals surface area contributed by atoms with Crippen LogP contribution in [0.25, 0.3) is 0 Å². The summed E-state index contributed by atoms with van der Waals surface area (Å²) in [5.74, 6) is 0. The van der Waals surface area contributed by atoms with E-state index in [1.165, 1.54) is 56.2 Å². The molecule has 0 unspecified atom stereocenters. The molecule has 0 aliphatic rings. The lowest BCUT2D eigenvalue weighted by Crippen LogP contribution is -2.02. The third-order valence-corrected chi connectivity index (χ3v) is 3.52. The van der Waals surface area contributed by atoms with Gasteiger partial charge < -0.3 is 5.32 Å². The molecule has 0 atom stereocenters. The van der Waals surface area contributed by atoms with Crippen LogP contribution in [0, 0.1) is 6.92 Å². The molecule has 0 fully saturated rings. The number of aryl methyl sites for hydroxylation is 1. The van der Waals surface area contributed by atoms with Crippen LogP contribution < -0.4 is 5.32 Å². The molecule has 1 aromatic rings. The first-order valence-electron chi connectivity index (χ1n) is 7.24. The minimum absolute atomic E-state index is 0.814. The van der Waals surface area contributed by atoms with E-state index < -0.39 is 0 Å². The second-order valence-electron chi connectivity index (χ2n) is 5.01. The predicted octanol–water partition coefficient (Wildman–Crippen LogP) is 5.81. The Hall–Kier alpha value is -0.690. The largest absolute Gasteiger partial charge is 0.385 e. The van der Waals surface area contributed by atoms with Crippen molar-refractivity contribution in [3.8, 4) is 0 Å². The summed E-state index contributed by atoms with van der Waals surface area (Å²) in [6, 6.07) is 6.02. The van der Waals surface area contributed by atoms with Gasteiger partial charge in [-0.15, -0.1) is 0 Å². The summed E-state index contributed by atoms with van der Waals surface area (Å²) in [5.41, 5.74) is 2.44. The standard InChI is InChI=1S/C16H26ClN/c1-3-4-5-6-7-8-9-12-18-16-11-10-15(17)13-14(16)2/h10-11,13,18H,3-9,12H2,1-2H3.